The summed E-state index contributed by atoms with van der Waals surface area (Å²) >= 11 is 0. The minimum atomic E-state index is -0.0164. The van der Waals surface area contributed by atoms with Crippen molar-refractivity contribution in [1.82, 2.24) is 24.6 Å². The molecular weight excluding hydrogens is 294 g/mol. The molecule has 0 N–H and O–H groups in total. The fraction of sp³-hybridized carbons (Fsp3) is 0.812. The lowest BCUT2D eigenvalue weighted by atomic mass is 10.2. The third-order valence-corrected chi connectivity index (χ3v) is 4.55. The van der Waals surface area contributed by atoms with E-state index in [2.05, 4.69) is 28.8 Å². The lowest BCUT2D eigenvalue weighted by Gasteiger charge is -2.32. The third-order valence-electron chi connectivity index (χ3n) is 4.55. The number of amides is 1. The van der Waals surface area contributed by atoms with Gasteiger partial charge in [0.15, 0.2) is 0 Å². The van der Waals surface area contributed by atoms with Crippen LogP contribution < -0.4 is 0 Å². The second-order valence-corrected chi connectivity index (χ2v) is 6.82. The van der Waals surface area contributed by atoms with E-state index < -0.39 is 0 Å². The van der Waals surface area contributed by atoms with Crippen LogP contribution in [0.2, 0.25) is 0 Å². The molecule has 2 saturated heterocycles. The van der Waals surface area contributed by atoms with Crippen LogP contribution in [0, 0.1) is 5.92 Å². The van der Waals surface area contributed by atoms with Crippen molar-refractivity contribution in [2.24, 2.45) is 5.92 Å². The van der Waals surface area contributed by atoms with E-state index in [-0.39, 0.29) is 11.9 Å². The maximum Gasteiger partial charge on any atom is 0.240 e. The van der Waals surface area contributed by atoms with E-state index in [9.17, 15) is 4.79 Å². The minimum Gasteiger partial charge on any atom is -0.378 e. The molecular formula is C16H27N5O2. The molecule has 1 amide bonds. The zero-order chi connectivity index (χ0) is 16.2. The first-order chi connectivity index (χ1) is 11.1. The van der Waals surface area contributed by atoms with Crippen LogP contribution in [0.1, 0.15) is 32.5 Å². The van der Waals surface area contributed by atoms with E-state index in [1.807, 2.05) is 9.58 Å². The molecule has 3 rings (SSSR count). The Labute approximate surface area is 137 Å². The summed E-state index contributed by atoms with van der Waals surface area (Å²) in [6.07, 6.45) is 3.63. The van der Waals surface area contributed by atoms with Crippen molar-refractivity contribution in [2.75, 3.05) is 32.8 Å². The average Bonchev–Trinajstić information content (AvgIpc) is 3.17. The van der Waals surface area contributed by atoms with Crippen molar-refractivity contribution in [3.63, 3.8) is 0 Å². The molecule has 7 heteroatoms. The Balaban J connectivity index is 1.65. The number of likely N-dealkylation sites (tertiary alicyclic amines) is 1. The molecule has 0 bridgehead atoms. The standard InChI is InChI=1S/C16H27N5O2/c1-13(2)10-21-15(17-12-18-21)11-20-5-3-4-14(20)16(22)19-6-8-23-9-7-19/h12-14H,3-11H2,1-2H3/t14-/m0/s1. The fourth-order valence-corrected chi connectivity index (χ4v) is 3.38. The second-order valence-electron chi connectivity index (χ2n) is 6.82. The molecule has 0 saturated carbocycles. The Bertz CT molecular complexity index is 524. The quantitative estimate of drug-likeness (QED) is 0.801. The predicted octanol–water partition coefficient (Wildman–Crippen LogP) is 0.757. The molecule has 128 valence electrons. The molecule has 0 radical (unpaired) electrons. The number of aromatic nitrogens is 3. The van der Waals surface area contributed by atoms with Crippen molar-refractivity contribution in [3.8, 4) is 0 Å². The normalized spacial score (nSPS) is 22.9. The summed E-state index contributed by atoms with van der Waals surface area (Å²) in [4.78, 5) is 21.4. The molecule has 2 fully saturated rings. The summed E-state index contributed by atoms with van der Waals surface area (Å²) in [6.45, 7) is 9.61. The van der Waals surface area contributed by atoms with Crippen LogP contribution in [-0.4, -0.2) is 69.4 Å². The average molecular weight is 321 g/mol. The minimum absolute atomic E-state index is 0.0164. The van der Waals surface area contributed by atoms with E-state index >= 15 is 0 Å². The first-order valence-corrected chi connectivity index (χ1v) is 8.62. The molecule has 2 aliphatic heterocycles. The van der Waals surface area contributed by atoms with Gasteiger partial charge in [-0.25, -0.2) is 9.67 Å². The van der Waals surface area contributed by atoms with Crippen molar-refractivity contribution < 1.29 is 9.53 Å². The topological polar surface area (TPSA) is 63.5 Å². The number of hydrogen-bond donors (Lipinski definition) is 0. The van der Waals surface area contributed by atoms with Crippen LogP contribution in [-0.2, 0) is 22.6 Å². The molecule has 1 aromatic heterocycles. The van der Waals surface area contributed by atoms with Crippen molar-refractivity contribution >= 4 is 5.91 Å². The molecule has 0 unspecified atom stereocenters. The first-order valence-electron chi connectivity index (χ1n) is 8.62. The van der Waals surface area contributed by atoms with Gasteiger partial charge in [0.1, 0.15) is 12.2 Å². The lowest BCUT2D eigenvalue weighted by molar-refractivity contribution is -0.140. The molecule has 0 aliphatic carbocycles. The van der Waals surface area contributed by atoms with E-state index in [0.717, 1.165) is 31.8 Å². The number of carbonyl (C=O) groups is 1. The Hall–Kier alpha value is -1.47. The Morgan fingerprint density at radius 2 is 2.13 bits per heavy atom. The van der Waals surface area contributed by atoms with Gasteiger partial charge in [-0.2, -0.15) is 5.10 Å². The number of rotatable bonds is 5. The van der Waals surface area contributed by atoms with Gasteiger partial charge < -0.3 is 9.64 Å². The van der Waals surface area contributed by atoms with E-state index in [0.29, 0.717) is 38.8 Å². The molecule has 7 nitrogen and oxygen atoms in total. The second kappa shape index (κ2) is 7.40. The highest BCUT2D eigenvalue weighted by Gasteiger charge is 2.34. The van der Waals surface area contributed by atoms with Gasteiger partial charge in [-0.3, -0.25) is 9.69 Å². The SMILES string of the molecule is CC(C)Cn1ncnc1CN1CCC[C@H]1C(=O)N1CCOCC1. The molecule has 2 aliphatic rings. The number of nitrogens with zero attached hydrogens (tertiary/aromatic N) is 5. The zero-order valence-electron chi connectivity index (χ0n) is 14.1. The number of hydrogen-bond acceptors (Lipinski definition) is 5. The highest BCUT2D eigenvalue weighted by Crippen LogP contribution is 2.22. The predicted molar refractivity (Wildman–Crippen MR) is 85.7 cm³/mol. The Kier molecular flexibility index (Phi) is 5.27. The molecule has 0 aromatic carbocycles. The van der Waals surface area contributed by atoms with Crippen LogP contribution in [0.5, 0.6) is 0 Å². The first kappa shape index (κ1) is 16.4. The molecule has 1 atom stereocenters. The van der Waals surface area contributed by atoms with Crippen LogP contribution in [0.3, 0.4) is 0 Å². The Morgan fingerprint density at radius 1 is 1.35 bits per heavy atom. The van der Waals surface area contributed by atoms with Gasteiger partial charge in [0.2, 0.25) is 5.91 Å². The number of morpholine rings is 1. The van der Waals surface area contributed by atoms with Crippen LogP contribution in [0.15, 0.2) is 6.33 Å². The summed E-state index contributed by atoms with van der Waals surface area (Å²) in [5.41, 5.74) is 0. The van der Waals surface area contributed by atoms with Crippen molar-refractivity contribution in [1.29, 1.82) is 0 Å². The van der Waals surface area contributed by atoms with Crippen LogP contribution in [0.25, 0.3) is 0 Å². The fourth-order valence-electron chi connectivity index (χ4n) is 3.38. The van der Waals surface area contributed by atoms with Crippen molar-refractivity contribution in [2.45, 2.75) is 45.8 Å². The largest absolute Gasteiger partial charge is 0.378 e. The molecule has 1 aromatic rings. The number of ether oxygens (including phenoxy) is 1. The van der Waals surface area contributed by atoms with E-state index in [1.165, 1.54) is 0 Å². The molecule has 3 heterocycles. The van der Waals surface area contributed by atoms with Gasteiger partial charge in [0.05, 0.1) is 25.8 Å². The van der Waals surface area contributed by atoms with Gasteiger partial charge in [0.25, 0.3) is 0 Å². The maximum atomic E-state index is 12.8. The third kappa shape index (κ3) is 3.90. The summed E-state index contributed by atoms with van der Waals surface area (Å²) in [7, 11) is 0. The lowest BCUT2D eigenvalue weighted by Crippen LogP contribution is -2.49. The number of carbonyl (C=O) groups excluding carboxylic acids is 1. The summed E-state index contributed by atoms with van der Waals surface area (Å²) < 4.78 is 7.32. The maximum absolute atomic E-state index is 12.8. The highest BCUT2D eigenvalue weighted by molar-refractivity contribution is 5.82. The molecule has 0 spiro atoms. The van der Waals surface area contributed by atoms with Crippen molar-refractivity contribution in [3.05, 3.63) is 12.2 Å². The van der Waals surface area contributed by atoms with Gasteiger partial charge in [-0.1, -0.05) is 13.8 Å². The van der Waals surface area contributed by atoms with E-state index in [4.69, 9.17) is 4.74 Å². The van der Waals surface area contributed by atoms with Gasteiger partial charge in [-0.15, -0.1) is 0 Å². The smallest absolute Gasteiger partial charge is 0.240 e. The summed E-state index contributed by atoms with van der Waals surface area (Å²) in [5, 5.41) is 4.33. The highest BCUT2D eigenvalue weighted by atomic mass is 16.5. The van der Waals surface area contributed by atoms with Crippen LogP contribution >= 0.6 is 0 Å². The van der Waals surface area contributed by atoms with Gasteiger partial charge in [0, 0.05) is 19.6 Å². The van der Waals surface area contributed by atoms with Crippen LogP contribution in [0.4, 0.5) is 0 Å². The monoisotopic (exact) mass is 321 g/mol. The Morgan fingerprint density at radius 3 is 2.87 bits per heavy atom. The summed E-state index contributed by atoms with van der Waals surface area (Å²) in [5.74, 6) is 1.74. The zero-order valence-corrected chi connectivity index (χ0v) is 14.1. The summed E-state index contributed by atoms with van der Waals surface area (Å²) in [6, 6.07) is -0.0164. The van der Waals surface area contributed by atoms with Gasteiger partial charge >= 0.3 is 0 Å². The van der Waals surface area contributed by atoms with E-state index in [1.54, 1.807) is 6.33 Å². The molecule has 23 heavy (non-hydrogen) atoms. The van der Waals surface area contributed by atoms with Gasteiger partial charge in [-0.05, 0) is 25.3 Å².